The third-order valence-corrected chi connectivity index (χ3v) is 4.40. The second kappa shape index (κ2) is 6.18. The number of thiazole rings is 1. The first-order valence-corrected chi connectivity index (χ1v) is 7.52. The molecule has 0 radical (unpaired) electrons. The highest BCUT2D eigenvalue weighted by Crippen LogP contribution is 2.29. The molecule has 100 valence electrons. The number of nitrogens with two attached hydrogens (primary N) is 1. The van der Waals surface area contributed by atoms with Gasteiger partial charge in [0.2, 0.25) is 0 Å². The van der Waals surface area contributed by atoms with Gasteiger partial charge in [0.1, 0.15) is 5.69 Å². The quantitative estimate of drug-likeness (QED) is 0.881. The first kappa shape index (κ1) is 13.3. The average molecular weight is 267 g/mol. The minimum absolute atomic E-state index is 0.105. The molecule has 1 aliphatic carbocycles. The SMILES string of the molecule is CC1CCC(CCNC(=O)c2csc(N)n2)CC1. The van der Waals surface area contributed by atoms with Crippen LogP contribution in [0.3, 0.4) is 0 Å². The molecule has 1 aromatic rings. The van der Waals surface area contributed by atoms with Crippen LogP contribution >= 0.6 is 11.3 Å². The molecule has 1 heterocycles. The van der Waals surface area contributed by atoms with Crippen LogP contribution in [0.4, 0.5) is 5.13 Å². The van der Waals surface area contributed by atoms with Crippen LogP contribution < -0.4 is 11.1 Å². The first-order chi connectivity index (χ1) is 8.65. The zero-order valence-electron chi connectivity index (χ0n) is 10.8. The van der Waals surface area contributed by atoms with Gasteiger partial charge < -0.3 is 11.1 Å². The Kier molecular flexibility index (Phi) is 4.58. The number of hydrogen-bond donors (Lipinski definition) is 2. The van der Waals surface area contributed by atoms with Crippen LogP contribution in [0.1, 0.15) is 49.5 Å². The van der Waals surface area contributed by atoms with E-state index in [0.717, 1.165) is 24.8 Å². The van der Waals surface area contributed by atoms with Crippen molar-refractivity contribution in [1.82, 2.24) is 10.3 Å². The summed E-state index contributed by atoms with van der Waals surface area (Å²) in [5.41, 5.74) is 5.94. The van der Waals surface area contributed by atoms with Crippen molar-refractivity contribution in [2.75, 3.05) is 12.3 Å². The fourth-order valence-electron chi connectivity index (χ4n) is 2.49. The topological polar surface area (TPSA) is 68.0 Å². The number of hydrogen-bond acceptors (Lipinski definition) is 4. The van der Waals surface area contributed by atoms with Crippen molar-refractivity contribution in [3.8, 4) is 0 Å². The highest BCUT2D eigenvalue weighted by Gasteiger charge is 2.18. The smallest absolute Gasteiger partial charge is 0.270 e. The summed E-state index contributed by atoms with van der Waals surface area (Å²) in [6.45, 7) is 3.07. The number of nitrogens with one attached hydrogen (secondary N) is 1. The van der Waals surface area contributed by atoms with Crippen molar-refractivity contribution in [3.05, 3.63) is 11.1 Å². The van der Waals surface area contributed by atoms with Gasteiger partial charge in [0.15, 0.2) is 5.13 Å². The van der Waals surface area contributed by atoms with Gasteiger partial charge in [0.05, 0.1) is 0 Å². The number of carbonyl (C=O) groups is 1. The summed E-state index contributed by atoms with van der Waals surface area (Å²) in [6, 6.07) is 0. The molecule has 0 aliphatic heterocycles. The summed E-state index contributed by atoms with van der Waals surface area (Å²) in [7, 11) is 0. The van der Waals surface area contributed by atoms with E-state index in [1.807, 2.05) is 0 Å². The highest BCUT2D eigenvalue weighted by molar-refractivity contribution is 7.13. The third-order valence-electron chi connectivity index (χ3n) is 3.73. The van der Waals surface area contributed by atoms with Gasteiger partial charge in [-0.2, -0.15) is 0 Å². The van der Waals surface area contributed by atoms with E-state index in [4.69, 9.17) is 5.73 Å². The molecule has 5 heteroatoms. The molecule has 1 amide bonds. The lowest BCUT2D eigenvalue weighted by Gasteiger charge is -2.25. The minimum Gasteiger partial charge on any atom is -0.375 e. The third kappa shape index (κ3) is 3.70. The Hall–Kier alpha value is -1.10. The first-order valence-electron chi connectivity index (χ1n) is 6.64. The number of nitrogen functional groups attached to an aromatic ring is 1. The van der Waals surface area contributed by atoms with Gasteiger partial charge in [0, 0.05) is 11.9 Å². The highest BCUT2D eigenvalue weighted by atomic mass is 32.1. The molecule has 0 aromatic carbocycles. The molecule has 18 heavy (non-hydrogen) atoms. The van der Waals surface area contributed by atoms with Gasteiger partial charge in [-0.15, -0.1) is 11.3 Å². The maximum atomic E-state index is 11.7. The van der Waals surface area contributed by atoms with Crippen molar-refractivity contribution < 1.29 is 4.79 Å². The van der Waals surface area contributed by atoms with Crippen molar-refractivity contribution in [2.24, 2.45) is 11.8 Å². The van der Waals surface area contributed by atoms with Crippen LogP contribution in [0.15, 0.2) is 5.38 Å². The standard InChI is InChI=1S/C13H21N3OS/c1-9-2-4-10(5-3-9)6-7-15-12(17)11-8-18-13(14)16-11/h8-10H,2-7H2,1H3,(H2,14,16)(H,15,17). The van der Waals surface area contributed by atoms with Crippen LogP contribution in [-0.4, -0.2) is 17.4 Å². The van der Waals surface area contributed by atoms with E-state index in [1.54, 1.807) is 5.38 Å². The minimum atomic E-state index is -0.105. The van der Waals surface area contributed by atoms with E-state index in [2.05, 4.69) is 17.2 Å². The summed E-state index contributed by atoms with van der Waals surface area (Å²) in [5.74, 6) is 1.56. The maximum Gasteiger partial charge on any atom is 0.270 e. The number of rotatable bonds is 4. The summed E-state index contributed by atoms with van der Waals surface area (Å²) in [6.07, 6.45) is 6.36. The lowest BCUT2D eigenvalue weighted by atomic mass is 9.81. The Labute approximate surface area is 112 Å². The molecular weight excluding hydrogens is 246 g/mol. The predicted molar refractivity (Wildman–Crippen MR) is 74.6 cm³/mol. The number of aromatic nitrogens is 1. The Morgan fingerprint density at radius 1 is 1.50 bits per heavy atom. The lowest BCUT2D eigenvalue weighted by molar-refractivity contribution is 0.0945. The molecule has 1 fully saturated rings. The van der Waals surface area contributed by atoms with E-state index in [1.165, 1.54) is 37.0 Å². The number of amides is 1. The molecule has 3 N–H and O–H groups in total. The van der Waals surface area contributed by atoms with Crippen LogP contribution in [0.2, 0.25) is 0 Å². The molecule has 1 aliphatic rings. The lowest BCUT2D eigenvalue weighted by Crippen LogP contribution is -2.27. The molecule has 1 aromatic heterocycles. The molecular formula is C13H21N3OS. The largest absolute Gasteiger partial charge is 0.375 e. The number of carbonyl (C=O) groups excluding carboxylic acids is 1. The molecule has 4 nitrogen and oxygen atoms in total. The van der Waals surface area contributed by atoms with E-state index < -0.39 is 0 Å². The van der Waals surface area contributed by atoms with Crippen LogP contribution in [-0.2, 0) is 0 Å². The number of nitrogens with zero attached hydrogens (tertiary/aromatic N) is 1. The van der Waals surface area contributed by atoms with Crippen LogP contribution in [0, 0.1) is 11.8 Å². The van der Waals surface area contributed by atoms with Crippen LogP contribution in [0.5, 0.6) is 0 Å². The van der Waals surface area contributed by atoms with Crippen molar-refractivity contribution in [3.63, 3.8) is 0 Å². The summed E-state index contributed by atoms with van der Waals surface area (Å²) >= 11 is 1.30. The monoisotopic (exact) mass is 267 g/mol. The summed E-state index contributed by atoms with van der Waals surface area (Å²) in [4.78, 5) is 15.7. The predicted octanol–water partition coefficient (Wildman–Crippen LogP) is 2.67. The molecule has 0 unspecified atom stereocenters. The fraction of sp³-hybridized carbons (Fsp3) is 0.692. The van der Waals surface area contributed by atoms with Gasteiger partial charge in [-0.05, 0) is 18.3 Å². The van der Waals surface area contributed by atoms with E-state index >= 15 is 0 Å². The molecule has 0 spiro atoms. The van der Waals surface area contributed by atoms with Crippen molar-refractivity contribution >= 4 is 22.4 Å². The zero-order chi connectivity index (χ0) is 13.0. The molecule has 0 saturated heterocycles. The summed E-state index contributed by atoms with van der Waals surface area (Å²) < 4.78 is 0. The fourth-order valence-corrected chi connectivity index (χ4v) is 3.03. The summed E-state index contributed by atoms with van der Waals surface area (Å²) in [5, 5.41) is 5.07. The van der Waals surface area contributed by atoms with Gasteiger partial charge in [-0.3, -0.25) is 4.79 Å². The van der Waals surface area contributed by atoms with Gasteiger partial charge >= 0.3 is 0 Å². The normalized spacial score (nSPS) is 23.8. The van der Waals surface area contributed by atoms with Gasteiger partial charge in [-0.25, -0.2) is 4.98 Å². The average Bonchev–Trinajstić information content (AvgIpc) is 2.78. The Bertz CT molecular complexity index is 397. The zero-order valence-corrected chi connectivity index (χ0v) is 11.6. The Balaban J connectivity index is 1.67. The second-order valence-corrected chi connectivity index (χ2v) is 6.13. The van der Waals surface area contributed by atoms with E-state index in [0.29, 0.717) is 10.8 Å². The van der Waals surface area contributed by atoms with E-state index in [-0.39, 0.29) is 5.91 Å². The molecule has 2 rings (SSSR count). The van der Waals surface area contributed by atoms with Gasteiger partial charge in [-0.1, -0.05) is 32.6 Å². The molecule has 0 bridgehead atoms. The van der Waals surface area contributed by atoms with Gasteiger partial charge in [0.25, 0.3) is 5.91 Å². The second-order valence-electron chi connectivity index (χ2n) is 5.24. The Morgan fingerprint density at radius 3 is 2.83 bits per heavy atom. The maximum absolute atomic E-state index is 11.7. The van der Waals surface area contributed by atoms with E-state index in [9.17, 15) is 4.79 Å². The Morgan fingerprint density at radius 2 is 2.22 bits per heavy atom. The molecule has 0 atom stereocenters. The molecule has 1 saturated carbocycles. The van der Waals surface area contributed by atoms with Crippen molar-refractivity contribution in [2.45, 2.75) is 39.0 Å². The number of anilines is 1. The van der Waals surface area contributed by atoms with Crippen LogP contribution in [0.25, 0.3) is 0 Å². The van der Waals surface area contributed by atoms with Crippen molar-refractivity contribution in [1.29, 1.82) is 0 Å².